The standard InChI is InChI=1S/C20H27NO4/c1-13-8-10-20(11-9-13,19(23)24-3)21-18(22)7-5-15-4-6-17(25-15)16-12-14(16)2/h4-7,13-14,16H,8-12H2,1-3H3,(H,21,22)/b7-5+. The quantitative estimate of drug-likeness (QED) is 0.653. The highest BCUT2D eigenvalue weighted by Crippen LogP contribution is 2.47. The molecule has 1 aromatic rings. The van der Waals surface area contributed by atoms with Crippen LogP contribution in [0.4, 0.5) is 0 Å². The Bertz CT molecular complexity index is 667. The topological polar surface area (TPSA) is 68.5 Å². The highest BCUT2D eigenvalue weighted by atomic mass is 16.5. The number of rotatable bonds is 5. The number of carbonyl (C=O) groups excluding carboxylic acids is 2. The molecule has 0 bridgehead atoms. The summed E-state index contributed by atoms with van der Waals surface area (Å²) in [6.45, 7) is 4.37. The van der Waals surface area contributed by atoms with Crippen molar-refractivity contribution in [2.75, 3.05) is 7.11 Å². The summed E-state index contributed by atoms with van der Waals surface area (Å²) in [6, 6.07) is 3.85. The van der Waals surface area contributed by atoms with Crippen LogP contribution in [0.3, 0.4) is 0 Å². The fourth-order valence-electron chi connectivity index (χ4n) is 3.64. The lowest BCUT2D eigenvalue weighted by Gasteiger charge is -2.37. The predicted molar refractivity (Wildman–Crippen MR) is 94.8 cm³/mol. The van der Waals surface area contributed by atoms with Gasteiger partial charge >= 0.3 is 5.97 Å². The molecule has 0 saturated heterocycles. The van der Waals surface area contributed by atoms with E-state index < -0.39 is 5.54 Å². The third-order valence-corrected chi connectivity index (χ3v) is 5.59. The summed E-state index contributed by atoms with van der Waals surface area (Å²) in [5, 5.41) is 2.88. The van der Waals surface area contributed by atoms with Crippen LogP contribution in [-0.2, 0) is 14.3 Å². The molecule has 2 aliphatic rings. The number of esters is 1. The molecule has 3 rings (SSSR count). The van der Waals surface area contributed by atoms with Crippen molar-refractivity contribution >= 4 is 18.0 Å². The summed E-state index contributed by atoms with van der Waals surface area (Å²) in [5.74, 6) is 2.76. The maximum Gasteiger partial charge on any atom is 0.331 e. The highest BCUT2D eigenvalue weighted by Gasteiger charge is 2.43. The third-order valence-electron chi connectivity index (χ3n) is 5.59. The summed E-state index contributed by atoms with van der Waals surface area (Å²) in [4.78, 5) is 24.6. The van der Waals surface area contributed by atoms with Gasteiger partial charge in [-0.2, -0.15) is 0 Å². The second-order valence-corrected chi connectivity index (χ2v) is 7.64. The second-order valence-electron chi connectivity index (χ2n) is 7.64. The zero-order chi connectivity index (χ0) is 18.0. The average molecular weight is 345 g/mol. The van der Waals surface area contributed by atoms with Crippen LogP contribution < -0.4 is 5.32 Å². The van der Waals surface area contributed by atoms with E-state index in [-0.39, 0.29) is 11.9 Å². The first-order valence-corrected chi connectivity index (χ1v) is 9.12. The van der Waals surface area contributed by atoms with Crippen LogP contribution in [0.2, 0.25) is 0 Å². The van der Waals surface area contributed by atoms with Crippen LogP contribution in [0.25, 0.3) is 6.08 Å². The molecule has 2 saturated carbocycles. The van der Waals surface area contributed by atoms with Crippen molar-refractivity contribution in [3.05, 3.63) is 29.7 Å². The number of hydrogen-bond acceptors (Lipinski definition) is 4. The molecule has 0 aliphatic heterocycles. The molecule has 0 aromatic carbocycles. The van der Waals surface area contributed by atoms with Gasteiger partial charge < -0.3 is 14.5 Å². The van der Waals surface area contributed by atoms with Crippen molar-refractivity contribution in [3.8, 4) is 0 Å². The molecular weight excluding hydrogens is 318 g/mol. The number of methoxy groups -OCH3 is 1. The van der Waals surface area contributed by atoms with Gasteiger partial charge in [0.25, 0.3) is 0 Å². The lowest BCUT2D eigenvalue weighted by Crippen LogP contribution is -2.56. The smallest absolute Gasteiger partial charge is 0.331 e. The minimum Gasteiger partial charge on any atom is -0.467 e. The molecule has 5 heteroatoms. The molecule has 1 amide bonds. The zero-order valence-electron chi connectivity index (χ0n) is 15.2. The molecule has 0 spiro atoms. The molecule has 2 atom stereocenters. The first-order chi connectivity index (χ1) is 11.9. The van der Waals surface area contributed by atoms with Crippen LogP contribution in [0.5, 0.6) is 0 Å². The number of ether oxygens (including phenoxy) is 1. The van der Waals surface area contributed by atoms with Gasteiger partial charge in [0.1, 0.15) is 17.1 Å². The Morgan fingerprint density at radius 2 is 1.96 bits per heavy atom. The van der Waals surface area contributed by atoms with E-state index in [9.17, 15) is 9.59 Å². The Hall–Kier alpha value is -2.04. The lowest BCUT2D eigenvalue weighted by molar-refractivity contribution is -0.152. The number of hydrogen-bond donors (Lipinski definition) is 1. The summed E-state index contributed by atoms with van der Waals surface area (Å²) >= 11 is 0. The van der Waals surface area contributed by atoms with Gasteiger partial charge in [-0.05, 0) is 62.1 Å². The zero-order valence-corrected chi connectivity index (χ0v) is 15.2. The molecule has 1 heterocycles. The van der Waals surface area contributed by atoms with Crippen molar-refractivity contribution in [1.29, 1.82) is 0 Å². The van der Waals surface area contributed by atoms with E-state index in [1.807, 2.05) is 12.1 Å². The van der Waals surface area contributed by atoms with Crippen LogP contribution in [-0.4, -0.2) is 24.5 Å². The molecule has 25 heavy (non-hydrogen) atoms. The molecule has 136 valence electrons. The van der Waals surface area contributed by atoms with Gasteiger partial charge in [-0.15, -0.1) is 0 Å². The predicted octanol–water partition coefficient (Wildman–Crippen LogP) is 3.65. The van der Waals surface area contributed by atoms with Crippen molar-refractivity contribution in [2.45, 2.75) is 57.4 Å². The molecule has 2 fully saturated rings. The molecule has 5 nitrogen and oxygen atoms in total. The van der Waals surface area contributed by atoms with Crippen molar-refractivity contribution in [2.24, 2.45) is 11.8 Å². The van der Waals surface area contributed by atoms with Gasteiger partial charge in [-0.1, -0.05) is 13.8 Å². The minimum atomic E-state index is -0.902. The molecule has 0 radical (unpaired) electrons. The van der Waals surface area contributed by atoms with Gasteiger partial charge in [0.15, 0.2) is 0 Å². The van der Waals surface area contributed by atoms with Gasteiger partial charge in [0, 0.05) is 12.0 Å². The number of furan rings is 1. The third kappa shape index (κ3) is 3.97. The summed E-state index contributed by atoms with van der Waals surface area (Å²) in [7, 11) is 1.37. The monoisotopic (exact) mass is 345 g/mol. The summed E-state index contributed by atoms with van der Waals surface area (Å²) < 4.78 is 10.7. The normalized spacial score (nSPS) is 31.7. The fraction of sp³-hybridized carbons (Fsp3) is 0.600. The Morgan fingerprint density at radius 3 is 2.56 bits per heavy atom. The van der Waals surface area contributed by atoms with Crippen molar-refractivity contribution < 1.29 is 18.7 Å². The first kappa shape index (κ1) is 17.8. The van der Waals surface area contributed by atoms with Crippen molar-refractivity contribution in [1.82, 2.24) is 5.32 Å². The number of amides is 1. The number of carbonyl (C=O) groups is 2. The maximum atomic E-state index is 12.3. The van der Waals surface area contributed by atoms with Crippen molar-refractivity contribution in [3.63, 3.8) is 0 Å². The molecule has 1 N–H and O–H groups in total. The Kier molecular flexibility index (Phi) is 5.02. The first-order valence-electron chi connectivity index (χ1n) is 9.12. The Labute approximate surface area is 148 Å². The van der Waals surface area contributed by atoms with Gasteiger partial charge in [-0.25, -0.2) is 4.79 Å². The van der Waals surface area contributed by atoms with E-state index in [0.717, 1.165) is 25.0 Å². The van der Waals surface area contributed by atoms with E-state index in [1.54, 1.807) is 6.08 Å². The van der Waals surface area contributed by atoms with E-state index in [0.29, 0.717) is 36.4 Å². The molecule has 2 unspecified atom stereocenters. The van der Waals surface area contributed by atoms with Crippen LogP contribution in [0.1, 0.15) is 63.4 Å². The van der Waals surface area contributed by atoms with Gasteiger partial charge in [-0.3, -0.25) is 4.79 Å². The molecule has 1 aromatic heterocycles. The second kappa shape index (κ2) is 7.06. The van der Waals surface area contributed by atoms with Gasteiger partial charge in [0.2, 0.25) is 5.91 Å². The van der Waals surface area contributed by atoms with Crippen LogP contribution in [0.15, 0.2) is 22.6 Å². The Balaban J connectivity index is 1.63. The summed E-state index contributed by atoms with van der Waals surface area (Å²) in [6.07, 6.45) is 7.29. The van der Waals surface area contributed by atoms with Gasteiger partial charge in [0.05, 0.1) is 7.11 Å². The lowest BCUT2D eigenvalue weighted by atomic mass is 9.77. The number of nitrogens with one attached hydrogen (secondary N) is 1. The molecular formula is C20H27NO4. The van der Waals surface area contributed by atoms with E-state index in [1.165, 1.54) is 13.2 Å². The highest BCUT2D eigenvalue weighted by molar-refractivity contribution is 5.96. The maximum absolute atomic E-state index is 12.3. The average Bonchev–Trinajstić information content (AvgIpc) is 3.15. The SMILES string of the molecule is COC(=O)C1(NC(=O)/C=C/c2ccc(C3CC3C)o2)CCC(C)CC1. The van der Waals surface area contributed by atoms with E-state index >= 15 is 0 Å². The molecule has 2 aliphatic carbocycles. The minimum absolute atomic E-state index is 0.294. The van der Waals surface area contributed by atoms with E-state index in [2.05, 4.69) is 19.2 Å². The van der Waals surface area contributed by atoms with Crippen LogP contribution in [0, 0.1) is 11.8 Å². The Morgan fingerprint density at radius 1 is 1.28 bits per heavy atom. The van der Waals surface area contributed by atoms with E-state index in [4.69, 9.17) is 9.15 Å². The summed E-state index contributed by atoms with van der Waals surface area (Å²) in [5.41, 5.74) is -0.902. The fourth-order valence-corrected chi connectivity index (χ4v) is 3.64. The largest absolute Gasteiger partial charge is 0.467 e. The van der Waals surface area contributed by atoms with Crippen LogP contribution >= 0.6 is 0 Å².